The van der Waals surface area contributed by atoms with Crippen LogP contribution in [-0.4, -0.2) is 30.3 Å². The van der Waals surface area contributed by atoms with Crippen molar-refractivity contribution in [2.24, 2.45) is 5.92 Å². The number of halogens is 2. The van der Waals surface area contributed by atoms with Gasteiger partial charge < -0.3 is 15.2 Å². The van der Waals surface area contributed by atoms with E-state index in [1.165, 1.54) is 12.1 Å². The van der Waals surface area contributed by atoms with Gasteiger partial charge in [-0.25, -0.2) is 0 Å². The van der Waals surface area contributed by atoms with Crippen LogP contribution < -0.4 is 10.1 Å². The van der Waals surface area contributed by atoms with E-state index in [1.54, 1.807) is 12.1 Å². The molecule has 0 radical (unpaired) electrons. The number of nitrogens with one attached hydrogen (secondary N) is 1. The van der Waals surface area contributed by atoms with Gasteiger partial charge in [-0.3, -0.25) is 4.79 Å². The average molecular weight is 301 g/mol. The SMILES string of the molecule is CC(C)CC(CO)NC(=O)Cc1ccc(OC(F)F)cc1. The van der Waals surface area contributed by atoms with Crippen molar-refractivity contribution in [3.05, 3.63) is 29.8 Å². The molecule has 0 saturated heterocycles. The third-order valence-electron chi connectivity index (χ3n) is 2.85. The predicted molar refractivity (Wildman–Crippen MR) is 75.2 cm³/mol. The van der Waals surface area contributed by atoms with Gasteiger partial charge in [-0.1, -0.05) is 26.0 Å². The Balaban J connectivity index is 2.50. The minimum Gasteiger partial charge on any atom is -0.435 e. The molecule has 1 rings (SSSR count). The maximum atomic E-state index is 12.0. The van der Waals surface area contributed by atoms with E-state index in [4.69, 9.17) is 0 Å². The van der Waals surface area contributed by atoms with E-state index in [0.29, 0.717) is 17.9 Å². The molecular formula is C15H21F2NO3. The van der Waals surface area contributed by atoms with Crippen molar-refractivity contribution in [1.29, 1.82) is 0 Å². The number of carbonyl (C=O) groups is 1. The molecule has 1 atom stereocenters. The standard InChI is InChI=1S/C15H21F2NO3/c1-10(2)7-12(9-19)18-14(20)8-11-3-5-13(6-4-11)21-15(16)17/h3-6,10,12,15,19H,7-9H2,1-2H3,(H,18,20). The molecule has 0 fully saturated rings. The lowest BCUT2D eigenvalue weighted by Crippen LogP contribution is -2.39. The molecule has 2 N–H and O–H groups in total. The van der Waals surface area contributed by atoms with Gasteiger partial charge in [0.1, 0.15) is 5.75 Å². The highest BCUT2D eigenvalue weighted by atomic mass is 19.3. The lowest BCUT2D eigenvalue weighted by atomic mass is 10.0. The van der Waals surface area contributed by atoms with Crippen LogP contribution in [0.1, 0.15) is 25.8 Å². The third-order valence-corrected chi connectivity index (χ3v) is 2.85. The Morgan fingerprint density at radius 2 is 1.90 bits per heavy atom. The minimum atomic E-state index is -2.86. The van der Waals surface area contributed by atoms with Crippen molar-refractivity contribution in [2.45, 2.75) is 39.3 Å². The monoisotopic (exact) mass is 301 g/mol. The summed E-state index contributed by atoms with van der Waals surface area (Å²) in [4.78, 5) is 11.9. The summed E-state index contributed by atoms with van der Waals surface area (Å²) in [6.07, 6.45) is 0.826. The maximum Gasteiger partial charge on any atom is 0.387 e. The molecule has 0 heterocycles. The van der Waals surface area contributed by atoms with Gasteiger partial charge in [-0.2, -0.15) is 8.78 Å². The van der Waals surface area contributed by atoms with Crippen molar-refractivity contribution < 1.29 is 23.4 Å². The fourth-order valence-corrected chi connectivity index (χ4v) is 2.00. The van der Waals surface area contributed by atoms with Crippen LogP contribution >= 0.6 is 0 Å². The first-order valence-electron chi connectivity index (χ1n) is 6.84. The maximum absolute atomic E-state index is 12.0. The Hall–Kier alpha value is -1.69. The Labute approximate surface area is 123 Å². The Bertz CT molecular complexity index is 435. The summed E-state index contributed by atoms with van der Waals surface area (Å²) in [7, 11) is 0. The highest BCUT2D eigenvalue weighted by molar-refractivity contribution is 5.78. The first kappa shape index (κ1) is 17.4. The summed E-state index contributed by atoms with van der Waals surface area (Å²) < 4.78 is 28.2. The van der Waals surface area contributed by atoms with Gasteiger partial charge in [0.25, 0.3) is 0 Å². The highest BCUT2D eigenvalue weighted by Crippen LogP contribution is 2.15. The fourth-order valence-electron chi connectivity index (χ4n) is 2.00. The van der Waals surface area contributed by atoms with Gasteiger partial charge in [-0.15, -0.1) is 0 Å². The number of hydrogen-bond acceptors (Lipinski definition) is 3. The lowest BCUT2D eigenvalue weighted by Gasteiger charge is -2.18. The van der Waals surface area contributed by atoms with Crippen LogP contribution in [-0.2, 0) is 11.2 Å². The largest absolute Gasteiger partial charge is 0.435 e. The first-order valence-corrected chi connectivity index (χ1v) is 6.84. The van der Waals surface area contributed by atoms with E-state index in [9.17, 15) is 18.7 Å². The van der Waals surface area contributed by atoms with E-state index in [-0.39, 0.29) is 30.7 Å². The van der Waals surface area contributed by atoms with E-state index in [0.717, 1.165) is 0 Å². The number of aliphatic hydroxyl groups is 1. The number of carbonyl (C=O) groups excluding carboxylic acids is 1. The second-order valence-corrected chi connectivity index (χ2v) is 5.28. The quantitative estimate of drug-likeness (QED) is 0.775. The molecule has 6 heteroatoms. The molecule has 0 aliphatic carbocycles. The zero-order valence-electron chi connectivity index (χ0n) is 12.2. The first-order chi connectivity index (χ1) is 9.90. The van der Waals surface area contributed by atoms with Gasteiger partial charge in [0.15, 0.2) is 0 Å². The van der Waals surface area contributed by atoms with E-state index in [2.05, 4.69) is 10.1 Å². The third kappa shape index (κ3) is 7.04. The molecule has 1 unspecified atom stereocenters. The van der Waals surface area contributed by atoms with Crippen LogP contribution in [0, 0.1) is 5.92 Å². The molecule has 0 spiro atoms. The summed E-state index contributed by atoms with van der Waals surface area (Å²) in [6.45, 7) is 1.05. The van der Waals surface area contributed by atoms with Crippen molar-refractivity contribution in [1.82, 2.24) is 5.32 Å². The lowest BCUT2D eigenvalue weighted by molar-refractivity contribution is -0.121. The molecule has 0 aliphatic rings. The van der Waals surface area contributed by atoms with Crippen LogP contribution in [0.3, 0.4) is 0 Å². The number of alkyl halides is 2. The number of amides is 1. The summed E-state index contributed by atoms with van der Waals surface area (Å²) in [6, 6.07) is 5.65. The van der Waals surface area contributed by atoms with Gasteiger partial charge in [0.2, 0.25) is 5.91 Å². The molecular weight excluding hydrogens is 280 g/mol. The smallest absolute Gasteiger partial charge is 0.387 e. The van der Waals surface area contributed by atoms with Crippen LogP contribution in [0.15, 0.2) is 24.3 Å². The second kappa shape index (κ2) is 8.56. The predicted octanol–water partition coefficient (Wildman–Crippen LogP) is 2.35. The zero-order valence-corrected chi connectivity index (χ0v) is 12.2. The Morgan fingerprint density at radius 1 is 1.29 bits per heavy atom. The molecule has 0 bridgehead atoms. The van der Waals surface area contributed by atoms with Gasteiger partial charge >= 0.3 is 6.61 Å². The van der Waals surface area contributed by atoms with E-state index >= 15 is 0 Å². The summed E-state index contributed by atoms with van der Waals surface area (Å²) in [5.41, 5.74) is 0.690. The molecule has 4 nitrogen and oxygen atoms in total. The van der Waals surface area contributed by atoms with Crippen molar-refractivity contribution in [2.75, 3.05) is 6.61 Å². The molecule has 1 amide bonds. The second-order valence-electron chi connectivity index (χ2n) is 5.28. The molecule has 118 valence electrons. The topological polar surface area (TPSA) is 58.6 Å². The number of ether oxygens (including phenoxy) is 1. The van der Waals surface area contributed by atoms with Gasteiger partial charge in [-0.05, 0) is 30.0 Å². The summed E-state index contributed by atoms with van der Waals surface area (Å²) >= 11 is 0. The fraction of sp³-hybridized carbons (Fsp3) is 0.533. The molecule has 0 aliphatic heterocycles. The number of benzene rings is 1. The molecule has 1 aromatic carbocycles. The molecule has 21 heavy (non-hydrogen) atoms. The van der Waals surface area contributed by atoms with Gasteiger partial charge in [0, 0.05) is 0 Å². The molecule has 0 aromatic heterocycles. The normalized spacial score (nSPS) is 12.5. The van der Waals surface area contributed by atoms with Crippen LogP contribution in [0.25, 0.3) is 0 Å². The number of rotatable bonds is 8. The molecule has 0 saturated carbocycles. The van der Waals surface area contributed by atoms with E-state index < -0.39 is 6.61 Å². The number of hydrogen-bond donors (Lipinski definition) is 2. The van der Waals surface area contributed by atoms with Gasteiger partial charge in [0.05, 0.1) is 19.1 Å². The highest BCUT2D eigenvalue weighted by Gasteiger charge is 2.13. The van der Waals surface area contributed by atoms with Crippen LogP contribution in [0.2, 0.25) is 0 Å². The summed E-state index contributed by atoms with van der Waals surface area (Å²) in [5.74, 6) is 0.215. The van der Waals surface area contributed by atoms with E-state index in [1.807, 2.05) is 13.8 Å². The van der Waals surface area contributed by atoms with Crippen LogP contribution in [0.5, 0.6) is 5.75 Å². The molecule has 1 aromatic rings. The zero-order chi connectivity index (χ0) is 15.8. The number of aliphatic hydroxyl groups excluding tert-OH is 1. The Morgan fingerprint density at radius 3 is 2.38 bits per heavy atom. The van der Waals surface area contributed by atoms with Crippen molar-refractivity contribution in [3.63, 3.8) is 0 Å². The van der Waals surface area contributed by atoms with Crippen LogP contribution in [0.4, 0.5) is 8.78 Å². The Kier molecular flexibility index (Phi) is 7.08. The minimum absolute atomic E-state index is 0.0576. The van der Waals surface area contributed by atoms with Crippen molar-refractivity contribution >= 4 is 5.91 Å². The average Bonchev–Trinajstić information content (AvgIpc) is 2.39. The van der Waals surface area contributed by atoms with Crippen molar-refractivity contribution in [3.8, 4) is 5.75 Å². The summed E-state index contributed by atoms with van der Waals surface area (Å²) in [5, 5.41) is 12.0.